The molecule has 29 heavy (non-hydrogen) atoms. The van der Waals surface area contributed by atoms with Gasteiger partial charge in [-0.2, -0.15) is 0 Å². The van der Waals surface area contributed by atoms with E-state index < -0.39 is 11.6 Å². The van der Waals surface area contributed by atoms with E-state index in [0.717, 1.165) is 38.5 Å². The molecule has 0 saturated heterocycles. The summed E-state index contributed by atoms with van der Waals surface area (Å²) in [7, 11) is 1.70. The van der Waals surface area contributed by atoms with Gasteiger partial charge in [-0.05, 0) is 47.6 Å². The Hall–Kier alpha value is -1.58. The summed E-state index contributed by atoms with van der Waals surface area (Å²) in [5.41, 5.74) is 0.793. The molecule has 1 aliphatic carbocycles. The predicted molar refractivity (Wildman–Crippen MR) is 121 cm³/mol. The average Bonchev–Trinajstić information content (AvgIpc) is 3.10. The monoisotopic (exact) mass is 404 g/mol. The molecule has 1 aromatic rings. The van der Waals surface area contributed by atoms with Gasteiger partial charge < -0.3 is 4.99 Å². The minimum Gasteiger partial charge on any atom is -0.300 e. The minimum absolute atomic E-state index is 0.0239. The molecule has 0 bridgehead atoms. The first-order valence-corrected chi connectivity index (χ1v) is 11.1. The first-order valence-electron chi connectivity index (χ1n) is 11.1. The van der Waals surface area contributed by atoms with Crippen LogP contribution in [0.3, 0.4) is 0 Å². The predicted octanol–water partition coefficient (Wildman–Crippen LogP) is 7.59. The van der Waals surface area contributed by atoms with Gasteiger partial charge in [0.1, 0.15) is 11.5 Å². The molecule has 0 spiro atoms. The van der Waals surface area contributed by atoms with Gasteiger partial charge in [0.05, 0.1) is 0 Å². The Labute approximate surface area is 175 Å². The molecule has 162 valence electrons. The molecule has 0 aliphatic heterocycles. The summed E-state index contributed by atoms with van der Waals surface area (Å²) in [6.07, 6.45) is 10.6. The van der Waals surface area contributed by atoms with Crippen LogP contribution in [0.5, 0.6) is 0 Å². The van der Waals surface area contributed by atoms with Crippen molar-refractivity contribution in [1.29, 1.82) is 0 Å². The second-order valence-electron chi connectivity index (χ2n) is 9.46. The summed E-state index contributed by atoms with van der Waals surface area (Å²) in [6, 6.07) is 1.57. The van der Waals surface area contributed by atoms with E-state index in [-0.39, 0.29) is 16.4 Å². The molecule has 1 fully saturated rings. The second-order valence-corrected chi connectivity index (χ2v) is 9.46. The van der Waals surface area contributed by atoms with Gasteiger partial charge in [0.15, 0.2) is 5.82 Å². The Bertz CT molecular complexity index is 740. The molecule has 4 heteroatoms. The minimum atomic E-state index is -0.475. The van der Waals surface area contributed by atoms with E-state index >= 15 is 8.78 Å². The Kier molecular flexibility index (Phi) is 8.13. The van der Waals surface area contributed by atoms with Gasteiger partial charge in [0.2, 0.25) is 0 Å². The number of hydrogen-bond acceptors (Lipinski definition) is 2. The lowest BCUT2D eigenvalue weighted by Crippen LogP contribution is -2.29. The molecular weight excluding hydrogens is 366 g/mol. The van der Waals surface area contributed by atoms with Crippen LogP contribution in [0.1, 0.15) is 90.7 Å². The molecular formula is C25H38F2N2. The fourth-order valence-corrected chi connectivity index (χ4v) is 5.09. The third-order valence-electron chi connectivity index (χ3n) is 7.02. The van der Waals surface area contributed by atoms with E-state index in [0.29, 0.717) is 30.0 Å². The maximum atomic E-state index is 15.7. The standard InChI is InChI=1S/C25H38F2N2/c1-7-18(8-2)24(3,4)20-16-21(26)19(17-25(5)12-9-10-13-25)22(27)23(20)29-15-11-14-28-6/h14-16,18H,7-13,17H2,1-6H3. The van der Waals surface area contributed by atoms with Crippen LogP contribution in [0.25, 0.3) is 0 Å². The third kappa shape index (κ3) is 5.32. The van der Waals surface area contributed by atoms with E-state index in [1.807, 2.05) is 0 Å². The fraction of sp³-hybridized carbons (Fsp3) is 0.680. The SMILES string of the molecule is CCC(CC)C(C)(C)c1cc(F)c(CC2(C)CCCC2)c(F)c1N=CCC=NC. The third-order valence-corrected chi connectivity index (χ3v) is 7.02. The number of hydrogen-bond donors (Lipinski definition) is 0. The normalized spacial score (nSPS) is 17.3. The Balaban J connectivity index is 2.59. The highest BCUT2D eigenvalue weighted by atomic mass is 19.1. The van der Waals surface area contributed by atoms with Crippen LogP contribution >= 0.6 is 0 Å². The fourth-order valence-electron chi connectivity index (χ4n) is 5.09. The van der Waals surface area contributed by atoms with Gasteiger partial charge in [0.25, 0.3) is 0 Å². The zero-order chi connectivity index (χ0) is 21.7. The van der Waals surface area contributed by atoms with Crippen molar-refractivity contribution in [2.45, 2.75) is 91.4 Å². The lowest BCUT2D eigenvalue weighted by atomic mass is 9.70. The quantitative estimate of drug-likeness (QED) is 0.379. The van der Waals surface area contributed by atoms with E-state index in [2.05, 4.69) is 44.6 Å². The van der Waals surface area contributed by atoms with Gasteiger partial charge in [-0.25, -0.2) is 8.78 Å². The summed E-state index contributed by atoms with van der Waals surface area (Å²) >= 11 is 0. The first kappa shape index (κ1) is 23.7. The summed E-state index contributed by atoms with van der Waals surface area (Å²) in [5.74, 6) is -0.568. The number of rotatable bonds is 9. The molecule has 1 aromatic carbocycles. The van der Waals surface area contributed by atoms with E-state index in [1.165, 1.54) is 0 Å². The molecule has 1 aliphatic rings. The van der Waals surface area contributed by atoms with Crippen LogP contribution in [-0.2, 0) is 11.8 Å². The molecule has 0 atom stereocenters. The van der Waals surface area contributed by atoms with Gasteiger partial charge in [-0.15, -0.1) is 0 Å². The van der Waals surface area contributed by atoms with Crippen molar-refractivity contribution in [1.82, 2.24) is 0 Å². The van der Waals surface area contributed by atoms with E-state index in [4.69, 9.17) is 0 Å². The molecule has 1 saturated carbocycles. The van der Waals surface area contributed by atoms with Crippen LogP contribution in [0.15, 0.2) is 16.1 Å². The van der Waals surface area contributed by atoms with Crippen molar-refractivity contribution in [3.63, 3.8) is 0 Å². The van der Waals surface area contributed by atoms with Crippen molar-refractivity contribution in [2.75, 3.05) is 7.05 Å². The van der Waals surface area contributed by atoms with Gasteiger partial charge >= 0.3 is 0 Å². The van der Waals surface area contributed by atoms with Crippen molar-refractivity contribution in [3.05, 3.63) is 28.8 Å². The summed E-state index contributed by atoms with van der Waals surface area (Å²) in [4.78, 5) is 8.46. The van der Waals surface area contributed by atoms with Gasteiger partial charge in [-0.3, -0.25) is 4.99 Å². The van der Waals surface area contributed by atoms with Crippen molar-refractivity contribution < 1.29 is 8.78 Å². The molecule has 0 heterocycles. The second kappa shape index (κ2) is 9.95. The molecule has 0 aromatic heterocycles. The summed E-state index contributed by atoms with van der Waals surface area (Å²) in [6.45, 7) is 10.6. The van der Waals surface area contributed by atoms with Crippen molar-refractivity contribution in [3.8, 4) is 0 Å². The molecule has 0 N–H and O–H groups in total. The van der Waals surface area contributed by atoms with Crippen LogP contribution in [0, 0.1) is 23.0 Å². The van der Waals surface area contributed by atoms with Crippen molar-refractivity contribution >= 4 is 18.1 Å². The highest BCUT2D eigenvalue weighted by molar-refractivity contribution is 5.81. The number of nitrogens with zero attached hydrogens (tertiary/aromatic N) is 2. The molecule has 0 amide bonds. The number of benzene rings is 1. The molecule has 0 radical (unpaired) electrons. The van der Waals surface area contributed by atoms with E-state index in [1.54, 1.807) is 25.5 Å². The van der Waals surface area contributed by atoms with E-state index in [9.17, 15) is 0 Å². The zero-order valence-electron chi connectivity index (χ0n) is 19.1. The highest BCUT2D eigenvalue weighted by Gasteiger charge is 2.36. The average molecular weight is 405 g/mol. The maximum absolute atomic E-state index is 15.7. The Morgan fingerprint density at radius 1 is 1.14 bits per heavy atom. The van der Waals surface area contributed by atoms with Crippen LogP contribution in [0.4, 0.5) is 14.5 Å². The van der Waals surface area contributed by atoms with Gasteiger partial charge in [-0.1, -0.05) is 60.3 Å². The smallest absolute Gasteiger partial charge is 0.155 e. The largest absolute Gasteiger partial charge is 0.300 e. The van der Waals surface area contributed by atoms with Gasteiger partial charge in [0, 0.05) is 31.5 Å². The van der Waals surface area contributed by atoms with Crippen LogP contribution < -0.4 is 0 Å². The molecule has 2 rings (SSSR count). The summed E-state index contributed by atoms with van der Waals surface area (Å²) < 4.78 is 31.0. The lowest BCUT2D eigenvalue weighted by Gasteiger charge is -2.35. The molecule has 2 nitrogen and oxygen atoms in total. The summed E-state index contributed by atoms with van der Waals surface area (Å²) in [5, 5.41) is 0. The Morgan fingerprint density at radius 3 is 2.31 bits per heavy atom. The zero-order valence-corrected chi connectivity index (χ0v) is 19.1. The molecule has 0 unspecified atom stereocenters. The van der Waals surface area contributed by atoms with Crippen LogP contribution in [0.2, 0.25) is 0 Å². The van der Waals surface area contributed by atoms with Crippen molar-refractivity contribution in [2.24, 2.45) is 21.3 Å². The lowest BCUT2D eigenvalue weighted by molar-refractivity contribution is 0.296. The topological polar surface area (TPSA) is 24.7 Å². The maximum Gasteiger partial charge on any atom is 0.155 e. The number of halogens is 2. The first-order chi connectivity index (χ1) is 13.7. The Morgan fingerprint density at radius 2 is 1.76 bits per heavy atom. The highest BCUT2D eigenvalue weighted by Crippen LogP contribution is 2.46. The van der Waals surface area contributed by atoms with Crippen LogP contribution in [-0.4, -0.2) is 19.5 Å². The number of aliphatic imine (C=N–C) groups is 2.